The fourth-order valence-corrected chi connectivity index (χ4v) is 6.38. The lowest BCUT2D eigenvalue weighted by Gasteiger charge is -2.33. The summed E-state index contributed by atoms with van der Waals surface area (Å²) in [5.41, 5.74) is 0.213. The average Bonchev–Trinajstić information content (AvgIpc) is 3.43. The average molecular weight is 576 g/mol. The first-order valence-corrected chi connectivity index (χ1v) is 14.4. The van der Waals surface area contributed by atoms with Gasteiger partial charge < -0.3 is 25.2 Å². The minimum Gasteiger partial charge on any atom is -0.507 e. The van der Waals surface area contributed by atoms with Crippen LogP contribution in [0.15, 0.2) is 42.5 Å². The second kappa shape index (κ2) is 12.1. The highest BCUT2D eigenvalue weighted by molar-refractivity contribution is 8.23. The smallest absolute Gasteiger partial charge is 0.345 e. The van der Waals surface area contributed by atoms with Gasteiger partial charge in [0.2, 0.25) is 17.7 Å². The number of aromatic hydroxyl groups is 1. The van der Waals surface area contributed by atoms with Crippen molar-refractivity contribution in [2.75, 3.05) is 20.3 Å². The van der Waals surface area contributed by atoms with Crippen LogP contribution >= 0.6 is 10.8 Å². The number of rotatable bonds is 11. The van der Waals surface area contributed by atoms with Gasteiger partial charge in [0.25, 0.3) is 0 Å². The molecule has 2 heterocycles. The van der Waals surface area contributed by atoms with Gasteiger partial charge in [-0.1, -0.05) is 30.3 Å². The standard InChI is InChI=1S/C27H33N3O9S/c1-38-25(34)24-19(31)5-4-6-20(24)39-14-3-2-13-28-26(35)27(12-11-22(32)29-27)16-17-7-9-18(10-8-17)21-15-23(33)30-40(21,36)37/h4-10,21,31,36-37H,2-3,11-16H2,1H3,(H,28,35)(H,29,32)(H,30,33). The van der Waals surface area contributed by atoms with Crippen molar-refractivity contribution in [3.63, 3.8) is 0 Å². The largest absolute Gasteiger partial charge is 0.507 e. The molecule has 4 rings (SSSR count). The van der Waals surface area contributed by atoms with E-state index in [-0.39, 0.29) is 54.7 Å². The minimum atomic E-state index is -3.26. The molecule has 13 heteroatoms. The number of carbonyl (C=O) groups is 4. The Hall–Kier alpha value is -3.81. The number of hydrogen-bond acceptors (Lipinski definition) is 9. The molecule has 2 saturated heterocycles. The molecule has 0 aromatic heterocycles. The van der Waals surface area contributed by atoms with Crippen molar-refractivity contribution in [2.24, 2.45) is 0 Å². The third-order valence-corrected chi connectivity index (χ3v) is 8.75. The van der Waals surface area contributed by atoms with Crippen LogP contribution in [0.25, 0.3) is 0 Å². The molecule has 0 saturated carbocycles. The van der Waals surface area contributed by atoms with Crippen LogP contribution in [0.4, 0.5) is 0 Å². The van der Waals surface area contributed by atoms with Gasteiger partial charge in [0, 0.05) is 19.4 Å². The Kier molecular flexibility index (Phi) is 8.86. The normalized spacial score (nSPS) is 22.2. The van der Waals surface area contributed by atoms with Crippen molar-refractivity contribution in [1.82, 2.24) is 15.4 Å². The minimum absolute atomic E-state index is 0.0185. The Bertz CT molecular complexity index is 1280. The number of esters is 1. The van der Waals surface area contributed by atoms with Crippen LogP contribution in [0.3, 0.4) is 0 Å². The highest BCUT2D eigenvalue weighted by Gasteiger charge is 2.44. The summed E-state index contributed by atoms with van der Waals surface area (Å²) in [6, 6.07) is 11.4. The van der Waals surface area contributed by atoms with Gasteiger partial charge in [0.1, 0.15) is 27.9 Å². The molecule has 2 aromatic carbocycles. The Morgan fingerprint density at radius 2 is 1.85 bits per heavy atom. The van der Waals surface area contributed by atoms with E-state index >= 15 is 0 Å². The summed E-state index contributed by atoms with van der Waals surface area (Å²) >= 11 is 0. The molecule has 0 spiro atoms. The molecule has 2 aromatic rings. The number of ether oxygens (including phenoxy) is 2. The zero-order chi connectivity index (χ0) is 28.9. The molecule has 40 heavy (non-hydrogen) atoms. The summed E-state index contributed by atoms with van der Waals surface area (Å²) < 4.78 is 32.8. The zero-order valence-corrected chi connectivity index (χ0v) is 22.8. The number of amides is 3. The van der Waals surface area contributed by atoms with E-state index in [9.17, 15) is 33.4 Å². The van der Waals surface area contributed by atoms with E-state index in [2.05, 4.69) is 20.1 Å². The number of methoxy groups -OCH3 is 1. The van der Waals surface area contributed by atoms with Crippen molar-refractivity contribution in [1.29, 1.82) is 0 Å². The highest BCUT2D eigenvalue weighted by Crippen LogP contribution is 2.56. The number of phenols is 1. The summed E-state index contributed by atoms with van der Waals surface area (Å²) in [5.74, 6) is -1.68. The molecule has 0 bridgehead atoms. The Morgan fingerprint density at radius 1 is 1.10 bits per heavy atom. The van der Waals surface area contributed by atoms with Gasteiger partial charge in [0.15, 0.2) is 0 Å². The monoisotopic (exact) mass is 575 g/mol. The lowest BCUT2D eigenvalue weighted by molar-refractivity contribution is -0.130. The molecule has 2 unspecified atom stereocenters. The van der Waals surface area contributed by atoms with Gasteiger partial charge in [-0.05, 0) is 42.5 Å². The maximum absolute atomic E-state index is 13.2. The predicted octanol–water partition coefficient (Wildman–Crippen LogP) is 2.57. The Balaban J connectivity index is 1.30. The quantitative estimate of drug-likeness (QED) is 0.173. The van der Waals surface area contributed by atoms with Gasteiger partial charge in [-0.15, -0.1) is 10.8 Å². The first-order chi connectivity index (χ1) is 19.0. The van der Waals surface area contributed by atoms with Gasteiger partial charge >= 0.3 is 5.97 Å². The van der Waals surface area contributed by atoms with E-state index < -0.39 is 33.4 Å². The fourth-order valence-electron chi connectivity index (χ4n) is 4.90. The van der Waals surface area contributed by atoms with Crippen LogP contribution < -0.4 is 20.1 Å². The molecular weight excluding hydrogens is 542 g/mol. The topological polar surface area (TPSA) is 184 Å². The van der Waals surface area contributed by atoms with E-state index in [1.54, 1.807) is 36.4 Å². The van der Waals surface area contributed by atoms with E-state index in [0.717, 1.165) is 5.56 Å². The molecule has 0 aliphatic carbocycles. The molecule has 3 amide bonds. The van der Waals surface area contributed by atoms with E-state index in [0.29, 0.717) is 31.4 Å². The maximum Gasteiger partial charge on any atom is 0.345 e. The van der Waals surface area contributed by atoms with Crippen LogP contribution in [0.5, 0.6) is 11.5 Å². The van der Waals surface area contributed by atoms with Gasteiger partial charge in [-0.2, -0.15) is 0 Å². The van der Waals surface area contributed by atoms with E-state index in [1.165, 1.54) is 13.2 Å². The second-order valence-electron chi connectivity index (χ2n) is 9.81. The summed E-state index contributed by atoms with van der Waals surface area (Å²) in [6.45, 7) is 0.577. The molecule has 0 radical (unpaired) electrons. The molecule has 2 atom stereocenters. The van der Waals surface area contributed by atoms with Gasteiger partial charge in [-0.25, -0.2) is 4.79 Å². The molecular formula is C27H33N3O9S. The van der Waals surface area contributed by atoms with Gasteiger partial charge in [0.05, 0.1) is 20.1 Å². The van der Waals surface area contributed by atoms with Crippen LogP contribution in [-0.4, -0.2) is 63.7 Å². The van der Waals surface area contributed by atoms with E-state index in [1.807, 2.05) is 0 Å². The summed E-state index contributed by atoms with van der Waals surface area (Å²) in [4.78, 5) is 48.9. The number of carbonyl (C=O) groups excluding carboxylic acids is 4. The van der Waals surface area contributed by atoms with Crippen molar-refractivity contribution in [3.8, 4) is 11.5 Å². The fraction of sp³-hybridized carbons (Fsp3) is 0.407. The molecule has 2 aliphatic rings. The number of nitrogens with one attached hydrogen (secondary N) is 3. The van der Waals surface area contributed by atoms with Crippen molar-refractivity contribution >= 4 is 34.5 Å². The Morgan fingerprint density at radius 3 is 2.48 bits per heavy atom. The van der Waals surface area contributed by atoms with Gasteiger partial charge in [-0.3, -0.25) is 28.2 Å². The van der Waals surface area contributed by atoms with Crippen molar-refractivity contribution < 1.29 is 42.9 Å². The van der Waals surface area contributed by atoms with Crippen molar-refractivity contribution in [2.45, 2.75) is 49.3 Å². The highest BCUT2D eigenvalue weighted by atomic mass is 32.3. The zero-order valence-electron chi connectivity index (χ0n) is 22.0. The number of phenolic OH excluding ortho intramolecular Hbond substituents is 1. The molecule has 6 N–H and O–H groups in total. The van der Waals surface area contributed by atoms with Crippen LogP contribution in [0.2, 0.25) is 0 Å². The van der Waals surface area contributed by atoms with Crippen LogP contribution in [-0.2, 0) is 25.5 Å². The lowest BCUT2D eigenvalue weighted by atomic mass is 9.87. The first kappa shape index (κ1) is 29.2. The predicted molar refractivity (Wildman–Crippen MR) is 146 cm³/mol. The number of unbranched alkanes of at least 4 members (excludes halogenated alkanes) is 1. The number of hydrogen-bond donors (Lipinski definition) is 6. The third kappa shape index (κ3) is 6.49. The van der Waals surface area contributed by atoms with Crippen LogP contribution in [0, 0.1) is 0 Å². The summed E-state index contributed by atoms with van der Waals surface area (Å²) in [6.07, 6.45) is 1.90. The van der Waals surface area contributed by atoms with Crippen LogP contribution in [0.1, 0.15) is 58.8 Å². The maximum atomic E-state index is 13.2. The SMILES string of the molecule is COC(=O)c1c(O)cccc1OCCCCNC(=O)C1(Cc2ccc(C3CC(=O)NS3(O)O)cc2)CCC(=O)N1. The Labute approximate surface area is 232 Å². The second-order valence-corrected chi connectivity index (χ2v) is 11.8. The van der Waals surface area contributed by atoms with E-state index in [4.69, 9.17) is 4.74 Å². The summed E-state index contributed by atoms with van der Waals surface area (Å²) in [5, 5.41) is 14.9. The van der Waals surface area contributed by atoms with Crippen molar-refractivity contribution in [3.05, 3.63) is 59.2 Å². The molecule has 2 aliphatic heterocycles. The molecule has 216 valence electrons. The number of benzene rings is 2. The lowest BCUT2D eigenvalue weighted by Crippen LogP contribution is -2.56. The third-order valence-electron chi connectivity index (χ3n) is 6.99. The molecule has 12 nitrogen and oxygen atoms in total. The first-order valence-electron chi connectivity index (χ1n) is 12.8. The molecule has 2 fully saturated rings. The summed E-state index contributed by atoms with van der Waals surface area (Å²) in [7, 11) is -2.05.